The summed E-state index contributed by atoms with van der Waals surface area (Å²) in [4.78, 5) is 2.32. The van der Waals surface area contributed by atoms with Crippen molar-refractivity contribution in [1.82, 2.24) is 4.90 Å². The number of methoxy groups -OCH3 is 1. The van der Waals surface area contributed by atoms with E-state index in [-0.39, 0.29) is 0 Å². The molecule has 0 bridgehead atoms. The molecule has 0 heterocycles. The minimum Gasteiger partial charge on any atom is -0.497 e. The molecule has 1 rings (SSSR count). The first-order valence-corrected chi connectivity index (χ1v) is 6.24. The summed E-state index contributed by atoms with van der Waals surface area (Å²) in [5, 5.41) is 0. The Bertz CT molecular complexity index is 328. The van der Waals surface area contributed by atoms with Crippen LogP contribution < -0.4 is 10.5 Å². The first-order chi connectivity index (χ1) is 8.21. The van der Waals surface area contributed by atoms with Gasteiger partial charge in [-0.05, 0) is 31.2 Å². The molecule has 17 heavy (non-hydrogen) atoms. The molecule has 3 nitrogen and oxygen atoms in total. The lowest BCUT2D eigenvalue weighted by Gasteiger charge is -2.26. The summed E-state index contributed by atoms with van der Waals surface area (Å²) in [6, 6.07) is 8.66. The second-order valence-electron chi connectivity index (χ2n) is 4.44. The first-order valence-electron chi connectivity index (χ1n) is 6.24. The van der Waals surface area contributed by atoms with Gasteiger partial charge in [0.25, 0.3) is 0 Å². The van der Waals surface area contributed by atoms with Crippen molar-refractivity contribution in [2.75, 3.05) is 20.7 Å². The van der Waals surface area contributed by atoms with Crippen LogP contribution in [-0.4, -0.2) is 31.6 Å². The van der Waals surface area contributed by atoms with Crippen LogP contribution >= 0.6 is 0 Å². The smallest absolute Gasteiger partial charge is 0.119 e. The fourth-order valence-corrected chi connectivity index (χ4v) is 2.04. The van der Waals surface area contributed by atoms with Crippen molar-refractivity contribution in [3.8, 4) is 5.75 Å². The maximum atomic E-state index is 5.80. The lowest BCUT2D eigenvalue weighted by atomic mass is 10.1. The average molecular weight is 236 g/mol. The van der Waals surface area contributed by atoms with Gasteiger partial charge in [-0.15, -0.1) is 0 Å². The Hall–Kier alpha value is -1.06. The summed E-state index contributed by atoms with van der Waals surface area (Å²) in [5.41, 5.74) is 7.07. The molecule has 0 saturated heterocycles. The molecule has 1 atom stereocenters. The quantitative estimate of drug-likeness (QED) is 0.789. The molecule has 0 radical (unpaired) electrons. The largest absolute Gasteiger partial charge is 0.497 e. The third-order valence-corrected chi connectivity index (χ3v) is 3.08. The van der Waals surface area contributed by atoms with Gasteiger partial charge in [0.2, 0.25) is 0 Å². The van der Waals surface area contributed by atoms with Crippen LogP contribution in [0.4, 0.5) is 0 Å². The normalized spacial score (nSPS) is 12.8. The van der Waals surface area contributed by atoms with E-state index in [1.165, 1.54) is 12.0 Å². The molecule has 2 N–H and O–H groups in total. The van der Waals surface area contributed by atoms with Gasteiger partial charge in [-0.2, -0.15) is 0 Å². The van der Waals surface area contributed by atoms with Crippen LogP contribution in [0, 0.1) is 0 Å². The van der Waals surface area contributed by atoms with Crippen molar-refractivity contribution in [3.05, 3.63) is 29.8 Å². The van der Waals surface area contributed by atoms with Crippen LogP contribution in [-0.2, 0) is 6.54 Å². The zero-order chi connectivity index (χ0) is 12.7. The molecule has 1 unspecified atom stereocenters. The van der Waals surface area contributed by atoms with Crippen LogP contribution in [0.5, 0.6) is 5.75 Å². The number of rotatable bonds is 7. The summed E-state index contributed by atoms with van der Waals surface area (Å²) in [7, 11) is 3.83. The summed E-state index contributed by atoms with van der Waals surface area (Å²) in [6.07, 6.45) is 2.32. The third-order valence-electron chi connectivity index (χ3n) is 3.08. The SMILES string of the molecule is CCCC(CN)N(C)Cc1cccc(OC)c1. The van der Waals surface area contributed by atoms with E-state index in [0.29, 0.717) is 12.6 Å². The standard InChI is InChI=1S/C14H24N2O/c1-4-6-13(10-15)16(2)11-12-7-5-8-14(9-12)17-3/h5,7-9,13H,4,6,10-11,15H2,1-3H3. The molecule has 1 aromatic carbocycles. The highest BCUT2D eigenvalue weighted by atomic mass is 16.5. The van der Waals surface area contributed by atoms with E-state index in [2.05, 4.69) is 31.0 Å². The van der Waals surface area contributed by atoms with Crippen LogP contribution in [0.1, 0.15) is 25.3 Å². The van der Waals surface area contributed by atoms with Gasteiger partial charge in [0.15, 0.2) is 0 Å². The van der Waals surface area contributed by atoms with Crippen molar-refractivity contribution in [3.63, 3.8) is 0 Å². The molecular formula is C14H24N2O. The Kier molecular flexibility index (Phi) is 6.01. The minimum absolute atomic E-state index is 0.464. The maximum absolute atomic E-state index is 5.80. The van der Waals surface area contributed by atoms with E-state index in [1.807, 2.05) is 12.1 Å². The van der Waals surface area contributed by atoms with Crippen LogP contribution in [0.15, 0.2) is 24.3 Å². The molecule has 3 heteroatoms. The van der Waals surface area contributed by atoms with E-state index < -0.39 is 0 Å². The summed E-state index contributed by atoms with van der Waals surface area (Å²) in [6.45, 7) is 3.83. The Labute approximate surface area is 105 Å². The molecule has 1 aromatic rings. The molecule has 0 aromatic heterocycles. The van der Waals surface area contributed by atoms with E-state index in [0.717, 1.165) is 18.7 Å². The first kappa shape index (κ1) is 14.0. The van der Waals surface area contributed by atoms with Gasteiger partial charge in [-0.1, -0.05) is 25.5 Å². The maximum Gasteiger partial charge on any atom is 0.119 e. The number of benzene rings is 1. The predicted octanol–water partition coefficient (Wildman–Crippen LogP) is 2.25. The van der Waals surface area contributed by atoms with Crippen LogP contribution in [0.2, 0.25) is 0 Å². The van der Waals surface area contributed by atoms with Crippen molar-refractivity contribution in [2.45, 2.75) is 32.4 Å². The van der Waals surface area contributed by atoms with E-state index in [1.54, 1.807) is 7.11 Å². The Morgan fingerprint density at radius 2 is 2.18 bits per heavy atom. The second kappa shape index (κ2) is 7.30. The summed E-state index contributed by atoms with van der Waals surface area (Å²) >= 11 is 0. The highest BCUT2D eigenvalue weighted by Crippen LogP contribution is 2.15. The summed E-state index contributed by atoms with van der Waals surface area (Å²) in [5.74, 6) is 0.913. The topological polar surface area (TPSA) is 38.5 Å². The van der Waals surface area contributed by atoms with E-state index in [9.17, 15) is 0 Å². The fourth-order valence-electron chi connectivity index (χ4n) is 2.04. The van der Waals surface area contributed by atoms with Crippen molar-refractivity contribution in [2.24, 2.45) is 5.73 Å². The molecule has 0 saturated carbocycles. The number of nitrogens with two attached hydrogens (primary N) is 1. The van der Waals surface area contributed by atoms with E-state index in [4.69, 9.17) is 10.5 Å². The van der Waals surface area contributed by atoms with Gasteiger partial charge < -0.3 is 10.5 Å². The number of hydrogen-bond donors (Lipinski definition) is 1. The van der Waals surface area contributed by atoms with Crippen molar-refractivity contribution in [1.29, 1.82) is 0 Å². The van der Waals surface area contributed by atoms with Gasteiger partial charge in [-0.3, -0.25) is 4.90 Å². The molecule has 0 aliphatic heterocycles. The van der Waals surface area contributed by atoms with Gasteiger partial charge >= 0.3 is 0 Å². The monoisotopic (exact) mass is 236 g/mol. The molecular weight excluding hydrogens is 212 g/mol. The second-order valence-corrected chi connectivity index (χ2v) is 4.44. The highest BCUT2D eigenvalue weighted by Gasteiger charge is 2.12. The predicted molar refractivity (Wildman–Crippen MR) is 72.2 cm³/mol. The number of nitrogens with zero attached hydrogens (tertiary/aromatic N) is 1. The van der Waals surface area contributed by atoms with Gasteiger partial charge in [0.1, 0.15) is 5.75 Å². The highest BCUT2D eigenvalue weighted by molar-refractivity contribution is 5.28. The van der Waals surface area contributed by atoms with Crippen molar-refractivity contribution >= 4 is 0 Å². The molecule has 0 aliphatic carbocycles. The molecule has 96 valence electrons. The van der Waals surface area contributed by atoms with Crippen LogP contribution in [0.25, 0.3) is 0 Å². The fraction of sp³-hybridized carbons (Fsp3) is 0.571. The van der Waals surface area contributed by atoms with E-state index >= 15 is 0 Å². The third kappa shape index (κ3) is 4.36. The van der Waals surface area contributed by atoms with Gasteiger partial charge in [-0.25, -0.2) is 0 Å². The van der Waals surface area contributed by atoms with Crippen LogP contribution in [0.3, 0.4) is 0 Å². The van der Waals surface area contributed by atoms with Gasteiger partial charge in [0, 0.05) is 19.1 Å². The number of likely N-dealkylation sites (N-methyl/N-ethyl adjacent to an activating group) is 1. The molecule has 0 aliphatic rings. The van der Waals surface area contributed by atoms with Gasteiger partial charge in [0.05, 0.1) is 7.11 Å². The molecule has 0 amide bonds. The zero-order valence-corrected chi connectivity index (χ0v) is 11.1. The zero-order valence-electron chi connectivity index (χ0n) is 11.1. The molecule has 0 fully saturated rings. The number of ether oxygens (including phenoxy) is 1. The summed E-state index contributed by atoms with van der Waals surface area (Å²) < 4.78 is 5.23. The number of hydrogen-bond acceptors (Lipinski definition) is 3. The van der Waals surface area contributed by atoms with Crippen molar-refractivity contribution < 1.29 is 4.74 Å². The Morgan fingerprint density at radius 3 is 2.76 bits per heavy atom. The Morgan fingerprint density at radius 1 is 1.41 bits per heavy atom. The lowest BCUT2D eigenvalue weighted by molar-refractivity contribution is 0.226. The lowest BCUT2D eigenvalue weighted by Crippen LogP contribution is -2.37. The minimum atomic E-state index is 0.464. The Balaban J connectivity index is 2.62. The average Bonchev–Trinajstić information content (AvgIpc) is 2.36. The molecule has 0 spiro atoms.